The average molecular weight is 234 g/mol. The van der Waals surface area contributed by atoms with E-state index in [0.717, 1.165) is 18.6 Å². The second-order valence-electron chi connectivity index (χ2n) is 5.86. The van der Waals surface area contributed by atoms with E-state index in [4.69, 9.17) is 0 Å². The van der Waals surface area contributed by atoms with Crippen LogP contribution in [0.3, 0.4) is 0 Å². The Morgan fingerprint density at radius 1 is 1.35 bits per heavy atom. The van der Waals surface area contributed by atoms with Gasteiger partial charge in [0, 0.05) is 49.5 Å². The standard InChI is InChI=1S/C13H22N4/c1-10(2)17-7-11(5-14-17)6-16-12-4-13(16)9-15(3)8-12/h5,7,10,12-13H,4,6,8-9H2,1-3H3. The van der Waals surface area contributed by atoms with Crippen molar-refractivity contribution in [1.82, 2.24) is 19.6 Å². The highest BCUT2D eigenvalue weighted by molar-refractivity contribution is 5.09. The summed E-state index contributed by atoms with van der Waals surface area (Å²) in [6, 6.07) is 2.02. The number of aromatic nitrogens is 2. The minimum absolute atomic E-state index is 0.464. The first-order chi connectivity index (χ1) is 8.13. The third kappa shape index (κ3) is 2.00. The second-order valence-corrected chi connectivity index (χ2v) is 5.86. The number of hydrogen-bond acceptors (Lipinski definition) is 3. The van der Waals surface area contributed by atoms with E-state index in [1.54, 1.807) is 0 Å². The molecule has 0 radical (unpaired) electrons. The van der Waals surface area contributed by atoms with E-state index >= 15 is 0 Å². The molecule has 1 aromatic heterocycles. The molecule has 0 aliphatic carbocycles. The van der Waals surface area contributed by atoms with Gasteiger partial charge in [-0.05, 0) is 27.3 Å². The summed E-state index contributed by atoms with van der Waals surface area (Å²) in [5.41, 5.74) is 1.36. The van der Waals surface area contributed by atoms with Crippen LogP contribution in [-0.2, 0) is 6.54 Å². The van der Waals surface area contributed by atoms with Crippen LogP contribution in [0.5, 0.6) is 0 Å². The van der Waals surface area contributed by atoms with Crippen LogP contribution < -0.4 is 0 Å². The molecule has 2 aliphatic rings. The smallest absolute Gasteiger partial charge is 0.0534 e. The van der Waals surface area contributed by atoms with Crippen LogP contribution in [0.2, 0.25) is 0 Å². The fraction of sp³-hybridized carbons (Fsp3) is 0.769. The molecule has 1 aromatic rings. The van der Waals surface area contributed by atoms with E-state index in [0.29, 0.717) is 6.04 Å². The van der Waals surface area contributed by atoms with Gasteiger partial charge in [-0.25, -0.2) is 0 Å². The molecule has 2 unspecified atom stereocenters. The first-order valence-electron chi connectivity index (χ1n) is 6.61. The van der Waals surface area contributed by atoms with Crippen molar-refractivity contribution >= 4 is 0 Å². The topological polar surface area (TPSA) is 24.3 Å². The van der Waals surface area contributed by atoms with Crippen molar-refractivity contribution in [2.75, 3.05) is 20.1 Å². The Kier molecular flexibility index (Phi) is 2.71. The number of fused-ring (bicyclic) bond motifs is 2. The van der Waals surface area contributed by atoms with Gasteiger partial charge in [0.05, 0.1) is 6.20 Å². The van der Waals surface area contributed by atoms with Crippen molar-refractivity contribution in [3.63, 3.8) is 0 Å². The van der Waals surface area contributed by atoms with Crippen molar-refractivity contribution in [2.45, 2.75) is 44.9 Å². The molecular formula is C13H22N4. The minimum atomic E-state index is 0.464. The average Bonchev–Trinajstić information content (AvgIpc) is 2.74. The molecule has 0 amide bonds. The van der Waals surface area contributed by atoms with Gasteiger partial charge in [0.25, 0.3) is 0 Å². The summed E-state index contributed by atoms with van der Waals surface area (Å²) in [5, 5.41) is 4.42. The van der Waals surface area contributed by atoms with E-state index < -0.39 is 0 Å². The van der Waals surface area contributed by atoms with Gasteiger partial charge >= 0.3 is 0 Å². The summed E-state index contributed by atoms with van der Waals surface area (Å²) in [5.74, 6) is 0. The lowest BCUT2D eigenvalue weighted by Gasteiger charge is -2.55. The highest BCUT2D eigenvalue weighted by Gasteiger charge is 2.43. The molecule has 17 heavy (non-hydrogen) atoms. The van der Waals surface area contributed by atoms with Crippen molar-refractivity contribution in [2.24, 2.45) is 0 Å². The molecule has 2 fully saturated rings. The fourth-order valence-corrected chi connectivity index (χ4v) is 3.11. The third-order valence-corrected chi connectivity index (χ3v) is 4.08. The number of piperazine rings is 1. The number of likely N-dealkylation sites (N-methyl/N-ethyl adjacent to an activating group) is 1. The van der Waals surface area contributed by atoms with Gasteiger partial charge in [-0.1, -0.05) is 0 Å². The molecular weight excluding hydrogens is 212 g/mol. The molecule has 2 bridgehead atoms. The third-order valence-electron chi connectivity index (χ3n) is 4.08. The van der Waals surface area contributed by atoms with Gasteiger partial charge in [0.1, 0.15) is 0 Å². The highest BCUT2D eigenvalue weighted by Crippen LogP contribution is 2.32. The predicted octanol–water partition coefficient (Wildman–Crippen LogP) is 1.35. The van der Waals surface area contributed by atoms with Crippen LogP contribution in [0, 0.1) is 0 Å². The van der Waals surface area contributed by atoms with Crippen LogP contribution in [0.1, 0.15) is 31.9 Å². The van der Waals surface area contributed by atoms with Crippen LogP contribution >= 0.6 is 0 Å². The lowest BCUT2D eigenvalue weighted by molar-refractivity contribution is -0.0668. The maximum atomic E-state index is 4.42. The summed E-state index contributed by atoms with van der Waals surface area (Å²) in [4.78, 5) is 5.09. The Hall–Kier alpha value is -0.870. The lowest BCUT2D eigenvalue weighted by atomic mass is 9.87. The van der Waals surface area contributed by atoms with Gasteiger partial charge in [-0.15, -0.1) is 0 Å². The normalized spacial score (nSPS) is 29.6. The summed E-state index contributed by atoms with van der Waals surface area (Å²) in [6.07, 6.45) is 5.61. The summed E-state index contributed by atoms with van der Waals surface area (Å²) < 4.78 is 2.05. The highest BCUT2D eigenvalue weighted by atomic mass is 15.4. The molecule has 4 heteroatoms. The van der Waals surface area contributed by atoms with Crippen molar-refractivity contribution in [3.8, 4) is 0 Å². The Bertz CT molecular complexity index is 386. The van der Waals surface area contributed by atoms with Crippen molar-refractivity contribution < 1.29 is 0 Å². The SMILES string of the molecule is CC(C)n1cc(CN2C3CC2CN(C)C3)cn1. The quantitative estimate of drug-likeness (QED) is 0.789. The maximum absolute atomic E-state index is 4.42. The molecule has 3 heterocycles. The monoisotopic (exact) mass is 234 g/mol. The predicted molar refractivity (Wildman–Crippen MR) is 67.8 cm³/mol. The van der Waals surface area contributed by atoms with E-state index in [1.807, 2.05) is 6.20 Å². The number of likely N-dealkylation sites (tertiary alicyclic amines) is 2. The fourth-order valence-electron chi connectivity index (χ4n) is 3.11. The summed E-state index contributed by atoms with van der Waals surface area (Å²) >= 11 is 0. The number of nitrogens with zero attached hydrogens (tertiary/aromatic N) is 4. The van der Waals surface area contributed by atoms with Crippen LogP contribution in [-0.4, -0.2) is 51.8 Å². The van der Waals surface area contributed by atoms with Crippen LogP contribution in [0.15, 0.2) is 12.4 Å². The van der Waals surface area contributed by atoms with E-state index in [1.165, 1.54) is 25.1 Å². The Balaban J connectivity index is 1.64. The first kappa shape index (κ1) is 11.2. The zero-order chi connectivity index (χ0) is 12.0. The van der Waals surface area contributed by atoms with Gasteiger partial charge in [-0.3, -0.25) is 9.58 Å². The second kappa shape index (κ2) is 4.10. The van der Waals surface area contributed by atoms with Crippen LogP contribution in [0.4, 0.5) is 0 Å². The molecule has 3 rings (SSSR count). The molecule has 2 aliphatic heterocycles. The molecule has 0 spiro atoms. The zero-order valence-corrected chi connectivity index (χ0v) is 11.0. The van der Waals surface area contributed by atoms with E-state index in [9.17, 15) is 0 Å². The molecule has 94 valence electrons. The van der Waals surface area contributed by atoms with Crippen LogP contribution in [0.25, 0.3) is 0 Å². The zero-order valence-electron chi connectivity index (χ0n) is 11.0. The van der Waals surface area contributed by atoms with Gasteiger partial charge < -0.3 is 4.90 Å². The molecule has 2 atom stereocenters. The Morgan fingerprint density at radius 2 is 2.06 bits per heavy atom. The van der Waals surface area contributed by atoms with E-state index in [2.05, 4.69) is 46.7 Å². The van der Waals surface area contributed by atoms with Gasteiger partial charge in [0.2, 0.25) is 0 Å². The van der Waals surface area contributed by atoms with Gasteiger partial charge in [0.15, 0.2) is 0 Å². The Morgan fingerprint density at radius 3 is 2.65 bits per heavy atom. The number of hydrogen-bond donors (Lipinski definition) is 0. The molecule has 0 aromatic carbocycles. The number of rotatable bonds is 3. The first-order valence-corrected chi connectivity index (χ1v) is 6.61. The lowest BCUT2D eigenvalue weighted by Crippen LogP contribution is -2.67. The molecule has 2 saturated heterocycles. The minimum Gasteiger partial charge on any atom is -0.303 e. The van der Waals surface area contributed by atoms with E-state index in [-0.39, 0.29) is 0 Å². The number of piperidine rings is 1. The Labute approximate surface area is 103 Å². The maximum Gasteiger partial charge on any atom is 0.0534 e. The molecule has 0 N–H and O–H groups in total. The molecule has 0 saturated carbocycles. The van der Waals surface area contributed by atoms with Gasteiger partial charge in [-0.2, -0.15) is 5.10 Å². The summed E-state index contributed by atoms with van der Waals surface area (Å²) in [6.45, 7) is 7.88. The van der Waals surface area contributed by atoms with Crippen molar-refractivity contribution in [1.29, 1.82) is 0 Å². The summed E-state index contributed by atoms with van der Waals surface area (Å²) in [7, 11) is 2.23. The molecule has 4 nitrogen and oxygen atoms in total. The van der Waals surface area contributed by atoms with Crippen molar-refractivity contribution in [3.05, 3.63) is 18.0 Å². The largest absolute Gasteiger partial charge is 0.303 e.